The number of likely N-dealkylation sites (N-methyl/N-ethyl adjacent to an activating group) is 1. The number of benzene rings is 2. The second kappa shape index (κ2) is 8.12. The first-order valence-corrected chi connectivity index (χ1v) is 10.4. The quantitative estimate of drug-likeness (QED) is 0.579. The molecule has 1 aliphatic rings. The number of imide groups is 1. The molecule has 0 saturated heterocycles. The van der Waals surface area contributed by atoms with Crippen LogP contribution in [0, 0.1) is 6.92 Å². The van der Waals surface area contributed by atoms with Crippen LogP contribution in [0.1, 0.15) is 32.1 Å². The number of anilines is 1. The lowest BCUT2D eigenvalue weighted by Gasteiger charge is -2.28. The van der Waals surface area contributed by atoms with Gasteiger partial charge in [0, 0.05) is 59.5 Å². The van der Waals surface area contributed by atoms with Crippen molar-refractivity contribution < 1.29 is 14.7 Å². The van der Waals surface area contributed by atoms with Gasteiger partial charge in [-0.3, -0.25) is 19.3 Å². The Morgan fingerprint density at radius 1 is 1.03 bits per heavy atom. The molecule has 1 aromatic heterocycles. The van der Waals surface area contributed by atoms with Crippen molar-refractivity contribution in [1.29, 1.82) is 0 Å². The van der Waals surface area contributed by atoms with E-state index in [-0.39, 0.29) is 24.1 Å². The highest BCUT2D eigenvalue weighted by Gasteiger charge is 2.33. The Labute approximate surface area is 185 Å². The van der Waals surface area contributed by atoms with Gasteiger partial charge in [0.2, 0.25) is 5.43 Å². The number of carbonyl (C=O) groups excluding carboxylic acids is 2. The van der Waals surface area contributed by atoms with Crippen LogP contribution in [0.3, 0.4) is 0 Å². The van der Waals surface area contributed by atoms with Crippen LogP contribution < -0.4 is 10.7 Å². The van der Waals surface area contributed by atoms with Crippen LogP contribution in [0.4, 0.5) is 5.69 Å². The number of nitrogens with one attached hydrogen (secondary N) is 1. The van der Waals surface area contributed by atoms with Crippen molar-refractivity contribution in [3.05, 3.63) is 69.1 Å². The van der Waals surface area contributed by atoms with Crippen LogP contribution in [-0.2, 0) is 13.6 Å². The molecule has 0 fully saturated rings. The number of pyridine rings is 1. The van der Waals surface area contributed by atoms with Crippen molar-refractivity contribution in [2.24, 2.45) is 7.05 Å². The Morgan fingerprint density at radius 3 is 2.41 bits per heavy atom. The molecule has 8 nitrogen and oxygen atoms in total. The number of nitrogens with zero attached hydrogens (tertiary/aromatic N) is 3. The zero-order valence-electron chi connectivity index (χ0n) is 18.6. The van der Waals surface area contributed by atoms with Gasteiger partial charge in [-0.05, 0) is 39.2 Å². The normalized spacial score (nSPS) is 13.3. The molecule has 2 heterocycles. The number of aryl methyl sites for hydroxylation is 1. The molecule has 2 amide bonds. The summed E-state index contributed by atoms with van der Waals surface area (Å²) in [5, 5.41) is 14.9. The van der Waals surface area contributed by atoms with Gasteiger partial charge in [-0.2, -0.15) is 0 Å². The fraction of sp³-hybridized carbons (Fsp3) is 0.292. The number of amides is 2. The minimum atomic E-state index is -0.427. The molecule has 4 rings (SSSR count). The second-order valence-electron chi connectivity index (χ2n) is 8.31. The average molecular weight is 434 g/mol. The molecule has 0 spiro atoms. The Balaban J connectivity index is 1.73. The van der Waals surface area contributed by atoms with E-state index in [1.54, 1.807) is 42.8 Å². The Hall–Kier alpha value is -3.65. The molecule has 0 aliphatic carbocycles. The zero-order chi connectivity index (χ0) is 23.2. The predicted molar refractivity (Wildman–Crippen MR) is 123 cm³/mol. The number of hydrogen-bond donors (Lipinski definition) is 2. The molecule has 0 unspecified atom stereocenters. The van der Waals surface area contributed by atoms with E-state index in [1.165, 1.54) is 11.0 Å². The minimum Gasteiger partial charge on any atom is -0.503 e. The summed E-state index contributed by atoms with van der Waals surface area (Å²) in [6.45, 7) is 2.91. The van der Waals surface area contributed by atoms with E-state index in [0.29, 0.717) is 41.0 Å². The van der Waals surface area contributed by atoms with Gasteiger partial charge in [0.1, 0.15) is 0 Å². The Kier molecular flexibility index (Phi) is 5.48. The van der Waals surface area contributed by atoms with Crippen LogP contribution in [0.5, 0.6) is 5.75 Å². The summed E-state index contributed by atoms with van der Waals surface area (Å²) in [7, 11) is 5.57. The van der Waals surface area contributed by atoms with Crippen LogP contribution in [0.2, 0.25) is 0 Å². The van der Waals surface area contributed by atoms with Gasteiger partial charge in [-0.25, -0.2) is 0 Å². The monoisotopic (exact) mass is 434 g/mol. The lowest BCUT2D eigenvalue weighted by atomic mass is 9.93. The highest BCUT2D eigenvalue weighted by atomic mass is 16.3. The number of aromatic nitrogens is 1. The molecule has 166 valence electrons. The smallest absolute Gasteiger partial charge is 0.261 e. The average Bonchev–Trinajstić information content (AvgIpc) is 2.76. The topological polar surface area (TPSA) is 94.9 Å². The van der Waals surface area contributed by atoms with Gasteiger partial charge >= 0.3 is 0 Å². The molecule has 1 aliphatic heterocycles. The standard InChI is InChI=1S/C24H26N4O4/c1-14-12-20(29)22(30)19(27(14)4)13-25-18-9-8-17-21-15(18)6-5-7-16(21)23(31)28(24(17)32)11-10-26(2)3/h5-9,12,25,30H,10-11,13H2,1-4H3. The lowest BCUT2D eigenvalue weighted by Crippen LogP contribution is -2.43. The zero-order valence-corrected chi connectivity index (χ0v) is 18.6. The summed E-state index contributed by atoms with van der Waals surface area (Å²) in [6.07, 6.45) is 0. The molecule has 3 aromatic rings. The van der Waals surface area contributed by atoms with E-state index in [0.717, 1.165) is 11.1 Å². The fourth-order valence-corrected chi connectivity index (χ4v) is 4.05. The maximum absolute atomic E-state index is 13.1. The molecule has 0 saturated carbocycles. The molecule has 8 heteroatoms. The van der Waals surface area contributed by atoms with Crippen molar-refractivity contribution in [2.45, 2.75) is 13.5 Å². The molecule has 0 radical (unpaired) electrons. The number of hydrogen-bond acceptors (Lipinski definition) is 6. The Morgan fingerprint density at radius 2 is 1.72 bits per heavy atom. The van der Waals surface area contributed by atoms with Gasteiger partial charge in [-0.15, -0.1) is 0 Å². The first-order valence-electron chi connectivity index (χ1n) is 10.4. The second-order valence-corrected chi connectivity index (χ2v) is 8.31. The van der Waals surface area contributed by atoms with Gasteiger partial charge in [0.25, 0.3) is 11.8 Å². The minimum absolute atomic E-state index is 0.203. The van der Waals surface area contributed by atoms with Crippen molar-refractivity contribution in [1.82, 2.24) is 14.4 Å². The molecular weight excluding hydrogens is 408 g/mol. The van der Waals surface area contributed by atoms with Gasteiger partial charge in [0.05, 0.1) is 12.2 Å². The van der Waals surface area contributed by atoms with E-state index in [4.69, 9.17) is 0 Å². The number of rotatable bonds is 6. The summed E-state index contributed by atoms with van der Waals surface area (Å²) in [4.78, 5) is 41.4. The summed E-state index contributed by atoms with van der Waals surface area (Å²) in [6, 6.07) is 10.3. The van der Waals surface area contributed by atoms with Crippen LogP contribution >= 0.6 is 0 Å². The molecule has 2 N–H and O–H groups in total. The van der Waals surface area contributed by atoms with Crippen molar-refractivity contribution in [3.63, 3.8) is 0 Å². The van der Waals surface area contributed by atoms with E-state index in [1.807, 2.05) is 25.1 Å². The van der Waals surface area contributed by atoms with Gasteiger partial charge < -0.3 is 19.9 Å². The third-order valence-corrected chi connectivity index (χ3v) is 5.99. The maximum atomic E-state index is 13.1. The number of aromatic hydroxyl groups is 1. The third-order valence-electron chi connectivity index (χ3n) is 5.99. The molecule has 2 aromatic carbocycles. The fourth-order valence-electron chi connectivity index (χ4n) is 4.05. The van der Waals surface area contributed by atoms with Crippen molar-refractivity contribution in [3.8, 4) is 5.75 Å². The largest absolute Gasteiger partial charge is 0.503 e. The highest BCUT2D eigenvalue weighted by Crippen LogP contribution is 2.34. The SMILES string of the molecule is Cc1cc(=O)c(O)c(CNc2ccc3c4c(cccc24)C(=O)N(CCN(C)C)C3=O)n1C. The van der Waals surface area contributed by atoms with Crippen LogP contribution in [0.25, 0.3) is 10.8 Å². The lowest BCUT2D eigenvalue weighted by molar-refractivity contribution is 0.0601. The first-order chi connectivity index (χ1) is 15.2. The molecule has 32 heavy (non-hydrogen) atoms. The molecule has 0 bridgehead atoms. The van der Waals surface area contributed by atoms with Crippen molar-refractivity contribution in [2.75, 3.05) is 32.5 Å². The van der Waals surface area contributed by atoms with Crippen molar-refractivity contribution >= 4 is 28.3 Å². The molecular formula is C24H26N4O4. The molecule has 0 atom stereocenters. The number of carbonyl (C=O) groups is 2. The van der Waals surface area contributed by atoms with E-state index in [2.05, 4.69) is 5.32 Å². The van der Waals surface area contributed by atoms with E-state index in [9.17, 15) is 19.5 Å². The van der Waals surface area contributed by atoms with Crippen LogP contribution in [-0.4, -0.2) is 58.5 Å². The summed E-state index contributed by atoms with van der Waals surface area (Å²) in [5.74, 6) is -0.896. The Bertz CT molecular complexity index is 1290. The van der Waals surface area contributed by atoms with Crippen LogP contribution in [0.15, 0.2) is 41.2 Å². The van der Waals surface area contributed by atoms with E-state index < -0.39 is 5.43 Å². The van der Waals surface area contributed by atoms with Gasteiger partial charge in [-0.1, -0.05) is 12.1 Å². The maximum Gasteiger partial charge on any atom is 0.261 e. The summed E-state index contributed by atoms with van der Waals surface area (Å²) >= 11 is 0. The summed E-state index contributed by atoms with van der Waals surface area (Å²) < 4.78 is 1.75. The third kappa shape index (κ3) is 3.52. The summed E-state index contributed by atoms with van der Waals surface area (Å²) in [5.41, 5.74) is 2.45. The van der Waals surface area contributed by atoms with Gasteiger partial charge in [0.15, 0.2) is 5.75 Å². The first kappa shape index (κ1) is 21.6. The predicted octanol–water partition coefficient (Wildman–Crippen LogP) is 2.32. The highest BCUT2D eigenvalue weighted by molar-refractivity contribution is 6.26. The van der Waals surface area contributed by atoms with E-state index >= 15 is 0 Å².